The van der Waals surface area contributed by atoms with E-state index in [2.05, 4.69) is 34.8 Å². The summed E-state index contributed by atoms with van der Waals surface area (Å²) in [5, 5.41) is 3.07. The summed E-state index contributed by atoms with van der Waals surface area (Å²) < 4.78 is 1.17. The molecule has 1 N–H and O–H groups in total. The molecule has 3 rings (SSSR count). The maximum Gasteiger partial charge on any atom is 0.235 e. The SMILES string of the molecule is Cc1ccc(NC(=O)C2(c3ccccc3)CC2)cc1I. The van der Waals surface area contributed by atoms with E-state index in [1.807, 2.05) is 48.5 Å². The highest BCUT2D eigenvalue weighted by molar-refractivity contribution is 14.1. The lowest BCUT2D eigenvalue weighted by atomic mass is 9.95. The van der Waals surface area contributed by atoms with Crippen molar-refractivity contribution < 1.29 is 4.79 Å². The van der Waals surface area contributed by atoms with Crippen LogP contribution in [0.4, 0.5) is 5.69 Å². The zero-order valence-corrected chi connectivity index (χ0v) is 13.5. The van der Waals surface area contributed by atoms with E-state index >= 15 is 0 Å². The van der Waals surface area contributed by atoms with E-state index in [0.717, 1.165) is 24.1 Å². The molecule has 1 fully saturated rings. The minimum atomic E-state index is -0.308. The van der Waals surface area contributed by atoms with Gasteiger partial charge in [-0.3, -0.25) is 4.79 Å². The fourth-order valence-electron chi connectivity index (χ4n) is 2.45. The first-order valence-electron chi connectivity index (χ1n) is 6.75. The fraction of sp³-hybridized carbons (Fsp3) is 0.235. The molecule has 102 valence electrons. The van der Waals surface area contributed by atoms with Crippen LogP contribution >= 0.6 is 22.6 Å². The highest BCUT2D eigenvalue weighted by Crippen LogP contribution is 2.48. The zero-order chi connectivity index (χ0) is 14.2. The van der Waals surface area contributed by atoms with Gasteiger partial charge < -0.3 is 5.32 Å². The van der Waals surface area contributed by atoms with E-state index in [0.29, 0.717) is 0 Å². The van der Waals surface area contributed by atoms with Crippen LogP contribution in [-0.2, 0) is 10.2 Å². The highest BCUT2D eigenvalue weighted by atomic mass is 127. The summed E-state index contributed by atoms with van der Waals surface area (Å²) in [6, 6.07) is 16.1. The lowest BCUT2D eigenvalue weighted by Gasteiger charge is -2.16. The molecule has 0 unspecified atom stereocenters. The van der Waals surface area contributed by atoms with Crippen LogP contribution in [0.1, 0.15) is 24.0 Å². The van der Waals surface area contributed by atoms with Crippen LogP contribution in [0.2, 0.25) is 0 Å². The van der Waals surface area contributed by atoms with Crippen molar-refractivity contribution in [3.63, 3.8) is 0 Å². The van der Waals surface area contributed by atoms with Gasteiger partial charge in [-0.15, -0.1) is 0 Å². The van der Waals surface area contributed by atoms with E-state index in [9.17, 15) is 4.79 Å². The van der Waals surface area contributed by atoms with Crippen LogP contribution < -0.4 is 5.32 Å². The summed E-state index contributed by atoms with van der Waals surface area (Å²) in [5.41, 5.74) is 2.93. The Bertz CT molecular complexity index is 647. The van der Waals surface area contributed by atoms with Crippen molar-refractivity contribution in [1.82, 2.24) is 0 Å². The standard InChI is InChI=1S/C17H16INO/c1-12-7-8-14(11-15(12)18)19-16(20)17(9-10-17)13-5-3-2-4-6-13/h2-8,11H,9-10H2,1H3,(H,19,20). The Morgan fingerprint density at radius 2 is 1.85 bits per heavy atom. The van der Waals surface area contributed by atoms with Crippen LogP contribution in [-0.4, -0.2) is 5.91 Å². The molecule has 0 aliphatic heterocycles. The maximum absolute atomic E-state index is 12.6. The Morgan fingerprint density at radius 3 is 2.45 bits per heavy atom. The molecule has 2 aromatic rings. The van der Waals surface area contributed by atoms with Gasteiger partial charge in [-0.1, -0.05) is 36.4 Å². The van der Waals surface area contributed by atoms with Gasteiger partial charge >= 0.3 is 0 Å². The van der Waals surface area contributed by atoms with Crippen LogP contribution in [0.5, 0.6) is 0 Å². The maximum atomic E-state index is 12.6. The molecule has 0 aromatic heterocycles. The van der Waals surface area contributed by atoms with Crippen molar-refractivity contribution in [2.75, 3.05) is 5.32 Å². The molecule has 0 heterocycles. The number of hydrogen-bond donors (Lipinski definition) is 1. The minimum Gasteiger partial charge on any atom is -0.325 e. The summed E-state index contributed by atoms with van der Waals surface area (Å²) in [6.07, 6.45) is 1.87. The Morgan fingerprint density at radius 1 is 1.15 bits per heavy atom. The largest absolute Gasteiger partial charge is 0.325 e. The van der Waals surface area contributed by atoms with Crippen molar-refractivity contribution in [3.05, 3.63) is 63.2 Å². The van der Waals surface area contributed by atoms with Crippen LogP contribution in [0.25, 0.3) is 0 Å². The first-order valence-corrected chi connectivity index (χ1v) is 7.83. The van der Waals surface area contributed by atoms with Gasteiger partial charge in [-0.25, -0.2) is 0 Å². The smallest absolute Gasteiger partial charge is 0.235 e. The molecule has 0 bridgehead atoms. The number of nitrogens with one attached hydrogen (secondary N) is 1. The van der Waals surface area contributed by atoms with Gasteiger partial charge in [0.2, 0.25) is 5.91 Å². The third kappa shape index (κ3) is 2.46. The Kier molecular flexibility index (Phi) is 3.54. The Balaban J connectivity index is 1.81. The molecule has 0 radical (unpaired) electrons. The predicted octanol–water partition coefficient (Wildman–Crippen LogP) is 4.27. The number of anilines is 1. The van der Waals surface area contributed by atoms with Gasteiger partial charge in [-0.05, 0) is 65.6 Å². The van der Waals surface area contributed by atoms with E-state index < -0.39 is 0 Å². The topological polar surface area (TPSA) is 29.1 Å². The molecule has 0 atom stereocenters. The summed E-state index contributed by atoms with van der Waals surface area (Å²) in [5.74, 6) is 0.114. The molecule has 2 nitrogen and oxygen atoms in total. The van der Waals surface area contributed by atoms with Crippen LogP contribution in [0, 0.1) is 10.5 Å². The summed E-state index contributed by atoms with van der Waals surface area (Å²) >= 11 is 2.29. The number of halogens is 1. The predicted molar refractivity (Wildman–Crippen MR) is 89.9 cm³/mol. The van der Waals surface area contributed by atoms with Crippen molar-refractivity contribution in [1.29, 1.82) is 0 Å². The monoisotopic (exact) mass is 377 g/mol. The van der Waals surface area contributed by atoms with Crippen molar-refractivity contribution in [2.24, 2.45) is 0 Å². The number of rotatable bonds is 3. The van der Waals surface area contributed by atoms with Crippen LogP contribution in [0.3, 0.4) is 0 Å². The lowest BCUT2D eigenvalue weighted by Crippen LogP contribution is -2.27. The average molecular weight is 377 g/mol. The molecule has 0 spiro atoms. The third-order valence-corrected chi connectivity index (χ3v) is 5.10. The number of benzene rings is 2. The second-order valence-electron chi connectivity index (χ2n) is 5.37. The van der Waals surface area contributed by atoms with Gasteiger partial charge in [0.1, 0.15) is 0 Å². The normalized spacial score (nSPS) is 15.7. The number of amides is 1. The molecule has 2 aromatic carbocycles. The fourth-order valence-corrected chi connectivity index (χ4v) is 2.97. The van der Waals surface area contributed by atoms with Gasteiger partial charge in [0.15, 0.2) is 0 Å². The third-order valence-electron chi connectivity index (χ3n) is 3.94. The Hall–Kier alpha value is -1.36. The molecule has 20 heavy (non-hydrogen) atoms. The first kappa shape index (κ1) is 13.6. The summed E-state index contributed by atoms with van der Waals surface area (Å²) in [6.45, 7) is 2.07. The van der Waals surface area contributed by atoms with Gasteiger partial charge in [-0.2, -0.15) is 0 Å². The van der Waals surface area contributed by atoms with E-state index in [-0.39, 0.29) is 11.3 Å². The average Bonchev–Trinajstić information content (AvgIpc) is 3.26. The van der Waals surface area contributed by atoms with Crippen molar-refractivity contribution in [3.8, 4) is 0 Å². The van der Waals surface area contributed by atoms with E-state index in [1.165, 1.54) is 9.13 Å². The summed E-state index contributed by atoms with van der Waals surface area (Å²) in [7, 11) is 0. The lowest BCUT2D eigenvalue weighted by molar-refractivity contribution is -0.118. The molecule has 3 heteroatoms. The quantitative estimate of drug-likeness (QED) is 0.796. The second-order valence-corrected chi connectivity index (χ2v) is 6.53. The number of aryl methyl sites for hydroxylation is 1. The van der Waals surface area contributed by atoms with Crippen molar-refractivity contribution >= 4 is 34.2 Å². The molecule has 1 amide bonds. The zero-order valence-electron chi connectivity index (χ0n) is 11.3. The number of hydrogen-bond acceptors (Lipinski definition) is 1. The molecule has 0 saturated heterocycles. The summed E-state index contributed by atoms with van der Waals surface area (Å²) in [4.78, 5) is 12.6. The highest BCUT2D eigenvalue weighted by Gasteiger charge is 2.51. The van der Waals surface area contributed by atoms with E-state index in [4.69, 9.17) is 0 Å². The van der Waals surface area contributed by atoms with Gasteiger partial charge in [0.25, 0.3) is 0 Å². The van der Waals surface area contributed by atoms with Gasteiger partial charge in [0.05, 0.1) is 5.41 Å². The first-order chi connectivity index (χ1) is 9.62. The van der Waals surface area contributed by atoms with E-state index in [1.54, 1.807) is 0 Å². The van der Waals surface area contributed by atoms with Crippen LogP contribution in [0.15, 0.2) is 48.5 Å². The molecular weight excluding hydrogens is 361 g/mol. The molecular formula is C17H16INO. The molecule has 1 saturated carbocycles. The van der Waals surface area contributed by atoms with Gasteiger partial charge in [0, 0.05) is 9.26 Å². The van der Waals surface area contributed by atoms with Crippen molar-refractivity contribution in [2.45, 2.75) is 25.2 Å². The Labute approximate surface area is 132 Å². The number of carbonyl (C=O) groups is 1. The second kappa shape index (κ2) is 5.20. The number of carbonyl (C=O) groups excluding carboxylic acids is 1. The molecule has 1 aliphatic rings. The molecule has 1 aliphatic carbocycles. The minimum absolute atomic E-state index is 0.114.